The van der Waals surface area contributed by atoms with Crippen molar-refractivity contribution in [2.45, 2.75) is 6.92 Å². The molecule has 0 radical (unpaired) electrons. The van der Waals surface area contributed by atoms with E-state index in [1.54, 1.807) is 12.1 Å². The molecule has 0 N–H and O–H groups in total. The molecule has 22 heavy (non-hydrogen) atoms. The van der Waals surface area contributed by atoms with Crippen LogP contribution in [0.5, 0.6) is 0 Å². The van der Waals surface area contributed by atoms with Gasteiger partial charge in [0.15, 0.2) is 5.69 Å². The lowest BCUT2D eigenvalue weighted by atomic mass is 10.2. The molecule has 1 aliphatic heterocycles. The molecule has 0 saturated carbocycles. The SMILES string of the molecule is Cc1ccccc1N1C(=O)c2sc3nc(=O)cnn3c2C1=O. The van der Waals surface area contributed by atoms with Crippen molar-refractivity contribution in [1.82, 2.24) is 14.6 Å². The number of thiazole rings is 1. The Morgan fingerprint density at radius 2 is 1.86 bits per heavy atom. The van der Waals surface area contributed by atoms with Gasteiger partial charge in [-0.2, -0.15) is 14.6 Å². The second-order valence-electron chi connectivity index (χ2n) is 4.80. The van der Waals surface area contributed by atoms with Gasteiger partial charge in [-0.25, -0.2) is 4.90 Å². The lowest BCUT2D eigenvalue weighted by molar-refractivity contribution is 0.0924. The first-order valence-corrected chi connectivity index (χ1v) is 7.23. The lowest BCUT2D eigenvalue weighted by Crippen LogP contribution is -2.31. The molecule has 0 saturated heterocycles. The fourth-order valence-corrected chi connectivity index (χ4v) is 3.44. The quantitative estimate of drug-likeness (QED) is 0.632. The Morgan fingerprint density at radius 3 is 2.64 bits per heavy atom. The zero-order chi connectivity index (χ0) is 15.4. The van der Waals surface area contributed by atoms with Gasteiger partial charge in [-0.15, -0.1) is 0 Å². The second kappa shape index (κ2) is 4.31. The summed E-state index contributed by atoms with van der Waals surface area (Å²) in [6.45, 7) is 1.83. The van der Waals surface area contributed by atoms with Gasteiger partial charge >= 0.3 is 0 Å². The smallest absolute Gasteiger partial charge is 0.267 e. The van der Waals surface area contributed by atoms with Crippen molar-refractivity contribution < 1.29 is 9.59 Å². The summed E-state index contributed by atoms with van der Waals surface area (Å²) in [5.41, 5.74) is 1.01. The number of nitrogens with zero attached hydrogens (tertiary/aromatic N) is 4. The van der Waals surface area contributed by atoms with Gasteiger partial charge in [0.25, 0.3) is 17.4 Å². The van der Waals surface area contributed by atoms with Crippen LogP contribution >= 0.6 is 11.3 Å². The summed E-state index contributed by atoms with van der Waals surface area (Å²) in [6, 6.07) is 7.15. The third-order valence-corrected chi connectivity index (χ3v) is 4.47. The molecule has 2 amide bonds. The number of benzene rings is 1. The molecule has 4 rings (SSSR count). The van der Waals surface area contributed by atoms with Crippen LogP contribution in [0.15, 0.2) is 35.3 Å². The summed E-state index contributed by atoms with van der Waals surface area (Å²) in [6.07, 6.45) is 1.02. The average molecular weight is 312 g/mol. The Kier molecular flexibility index (Phi) is 2.52. The molecule has 8 heteroatoms. The van der Waals surface area contributed by atoms with Crippen LogP contribution in [0.25, 0.3) is 4.96 Å². The molecular formula is C14H8N4O3S. The minimum Gasteiger partial charge on any atom is -0.267 e. The molecule has 0 aliphatic carbocycles. The van der Waals surface area contributed by atoms with E-state index in [-0.39, 0.29) is 15.5 Å². The molecule has 0 spiro atoms. The first-order chi connectivity index (χ1) is 10.6. The van der Waals surface area contributed by atoms with E-state index in [2.05, 4.69) is 10.1 Å². The molecule has 0 bridgehead atoms. The number of para-hydroxylation sites is 1. The van der Waals surface area contributed by atoms with Crippen LogP contribution in [-0.2, 0) is 0 Å². The minimum absolute atomic E-state index is 0.153. The summed E-state index contributed by atoms with van der Waals surface area (Å²) in [7, 11) is 0. The first-order valence-electron chi connectivity index (χ1n) is 6.41. The molecular weight excluding hydrogens is 304 g/mol. The molecule has 2 aromatic heterocycles. The molecule has 0 fully saturated rings. The van der Waals surface area contributed by atoms with Gasteiger partial charge in [0.1, 0.15) is 11.1 Å². The maximum absolute atomic E-state index is 12.7. The van der Waals surface area contributed by atoms with E-state index in [9.17, 15) is 14.4 Å². The maximum Gasteiger partial charge on any atom is 0.292 e. The summed E-state index contributed by atoms with van der Waals surface area (Å²) >= 11 is 0.994. The van der Waals surface area contributed by atoms with Crippen molar-refractivity contribution >= 4 is 33.8 Å². The van der Waals surface area contributed by atoms with Crippen molar-refractivity contribution in [3.05, 3.63) is 57.0 Å². The standard InChI is InChI=1S/C14H8N4O3S/c1-7-4-2-3-5-8(7)17-12(20)10-11(13(17)21)22-14-16-9(19)6-15-18(10)14/h2-6H,1H3. The van der Waals surface area contributed by atoms with E-state index in [1.165, 1.54) is 4.52 Å². The maximum atomic E-state index is 12.7. The number of aromatic nitrogens is 3. The number of imide groups is 1. The molecule has 3 heterocycles. The molecule has 7 nitrogen and oxygen atoms in total. The largest absolute Gasteiger partial charge is 0.292 e. The molecule has 0 unspecified atom stereocenters. The Morgan fingerprint density at radius 1 is 1.09 bits per heavy atom. The molecule has 0 atom stereocenters. The number of fused-ring (bicyclic) bond motifs is 3. The van der Waals surface area contributed by atoms with Gasteiger partial charge in [0.05, 0.1) is 5.69 Å². The van der Waals surface area contributed by atoms with E-state index >= 15 is 0 Å². The molecule has 3 aromatic rings. The summed E-state index contributed by atoms with van der Waals surface area (Å²) in [4.78, 5) is 41.9. The van der Waals surface area contributed by atoms with Crippen molar-refractivity contribution in [1.29, 1.82) is 0 Å². The van der Waals surface area contributed by atoms with Crippen LogP contribution in [0.1, 0.15) is 25.7 Å². The van der Waals surface area contributed by atoms with Crippen LogP contribution in [-0.4, -0.2) is 26.4 Å². The van der Waals surface area contributed by atoms with Gasteiger partial charge in [-0.05, 0) is 18.6 Å². The highest BCUT2D eigenvalue weighted by Crippen LogP contribution is 2.34. The Hall–Kier alpha value is -2.87. The summed E-state index contributed by atoms with van der Waals surface area (Å²) < 4.78 is 1.25. The van der Waals surface area contributed by atoms with E-state index in [4.69, 9.17) is 0 Å². The summed E-state index contributed by atoms with van der Waals surface area (Å²) in [5.74, 6) is -0.877. The van der Waals surface area contributed by atoms with Gasteiger partial charge in [0.2, 0.25) is 4.96 Å². The first kappa shape index (κ1) is 12.8. The van der Waals surface area contributed by atoms with E-state index in [1.807, 2.05) is 19.1 Å². The fourth-order valence-electron chi connectivity index (χ4n) is 2.45. The predicted octanol–water partition coefficient (Wildman–Crippen LogP) is 1.26. The highest BCUT2D eigenvalue weighted by Gasteiger charge is 2.42. The number of anilines is 1. The highest BCUT2D eigenvalue weighted by atomic mass is 32.1. The van der Waals surface area contributed by atoms with E-state index in [0.717, 1.165) is 28.0 Å². The number of amides is 2. The third-order valence-electron chi connectivity index (χ3n) is 3.45. The number of carbonyl (C=O) groups is 2. The van der Waals surface area contributed by atoms with Crippen LogP contribution in [0.2, 0.25) is 0 Å². The Bertz CT molecular complexity index is 1020. The summed E-state index contributed by atoms with van der Waals surface area (Å²) in [5, 5.41) is 3.90. The minimum atomic E-state index is -0.504. The Labute approximate surface area is 127 Å². The Balaban J connectivity index is 1.95. The fraction of sp³-hybridized carbons (Fsp3) is 0.0714. The van der Waals surface area contributed by atoms with Crippen LogP contribution in [0.4, 0.5) is 5.69 Å². The van der Waals surface area contributed by atoms with E-state index in [0.29, 0.717) is 5.69 Å². The topological polar surface area (TPSA) is 84.6 Å². The van der Waals surface area contributed by atoms with Gasteiger partial charge in [-0.1, -0.05) is 29.5 Å². The zero-order valence-electron chi connectivity index (χ0n) is 11.3. The lowest BCUT2D eigenvalue weighted by Gasteiger charge is -2.16. The van der Waals surface area contributed by atoms with E-state index < -0.39 is 17.4 Å². The van der Waals surface area contributed by atoms with Crippen LogP contribution < -0.4 is 10.5 Å². The molecule has 1 aromatic carbocycles. The number of hydrogen-bond acceptors (Lipinski definition) is 6. The third kappa shape index (κ3) is 1.58. The van der Waals surface area contributed by atoms with Gasteiger partial charge in [-0.3, -0.25) is 14.4 Å². The van der Waals surface area contributed by atoms with Crippen molar-refractivity contribution in [3.63, 3.8) is 0 Å². The van der Waals surface area contributed by atoms with Crippen molar-refractivity contribution in [2.24, 2.45) is 0 Å². The normalized spacial score (nSPS) is 14.0. The number of aryl methyl sites for hydroxylation is 1. The second-order valence-corrected chi connectivity index (χ2v) is 5.78. The number of carbonyl (C=O) groups excluding carboxylic acids is 2. The van der Waals surface area contributed by atoms with Crippen molar-refractivity contribution in [3.8, 4) is 0 Å². The molecule has 108 valence electrons. The average Bonchev–Trinajstić information content (AvgIpc) is 2.97. The monoisotopic (exact) mass is 312 g/mol. The van der Waals surface area contributed by atoms with Crippen LogP contribution in [0, 0.1) is 6.92 Å². The van der Waals surface area contributed by atoms with Gasteiger partial charge in [0, 0.05) is 0 Å². The van der Waals surface area contributed by atoms with Gasteiger partial charge < -0.3 is 0 Å². The predicted molar refractivity (Wildman–Crippen MR) is 79.5 cm³/mol. The number of rotatable bonds is 1. The highest BCUT2D eigenvalue weighted by molar-refractivity contribution is 7.19. The van der Waals surface area contributed by atoms with Crippen LogP contribution in [0.3, 0.4) is 0 Å². The van der Waals surface area contributed by atoms with Crippen molar-refractivity contribution in [2.75, 3.05) is 4.90 Å². The number of hydrogen-bond donors (Lipinski definition) is 0. The molecule has 1 aliphatic rings. The zero-order valence-corrected chi connectivity index (χ0v) is 12.1.